The van der Waals surface area contributed by atoms with E-state index < -0.39 is 0 Å². The first-order chi connectivity index (χ1) is 14.1. The number of rotatable bonds is 7. The van der Waals surface area contributed by atoms with Crippen LogP contribution in [0.4, 0.5) is 5.69 Å². The second kappa shape index (κ2) is 8.87. The molecule has 1 atom stereocenters. The van der Waals surface area contributed by atoms with E-state index in [-0.39, 0.29) is 18.6 Å². The number of nitrogens with one attached hydrogen (secondary N) is 1. The summed E-state index contributed by atoms with van der Waals surface area (Å²) in [5.74, 6) is 0.694. The van der Waals surface area contributed by atoms with Gasteiger partial charge in [0.05, 0.1) is 6.04 Å². The Bertz CT molecular complexity index is 861. The fraction of sp³-hybridized carbons (Fsp3) is 0.458. The Morgan fingerprint density at radius 2 is 1.93 bits per heavy atom. The van der Waals surface area contributed by atoms with Gasteiger partial charge in [0.1, 0.15) is 5.75 Å². The first-order valence-corrected chi connectivity index (χ1v) is 10.6. The van der Waals surface area contributed by atoms with Crippen LogP contribution < -0.4 is 15.0 Å². The number of nitrogens with zero attached hydrogens (tertiary/aromatic N) is 2. The van der Waals surface area contributed by atoms with Gasteiger partial charge >= 0.3 is 0 Å². The average Bonchev–Trinajstić information content (AvgIpc) is 3.38. The number of para-hydroxylation sites is 1. The minimum atomic E-state index is -0.0710. The van der Waals surface area contributed by atoms with E-state index in [4.69, 9.17) is 4.74 Å². The second-order valence-electron chi connectivity index (χ2n) is 8.18. The van der Waals surface area contributed by atoms with Gasteiger partial charge in [0, 0.05) is 25.8 Å². The van der Waals surface area contributed by atoms with Crippen LogP contribution in [0.25, 0.3) is 0 Å². The summed E-state index contributed by atoms with van der Waals surface area (Å²) in [5.41, 5.74) is 5.10. The number of benzene rings is 2. The Morgan fingerprint density at radius 3 is 2.72 bits per heavy atom. The first kappa shape index (κ1) is 19.8. The number of carbonyl (C=O) groups is 1. The Hall–Kier alpha value is -2.53. The topological polar surface area (TPSA) is 44.8 Å². The van der Waals surface area contributed by atoms with Crippen LogP contribution in [0.2, 0.25) is 0 Å². The molecule has 2 aromatic carbocycles. The summed E-state index contributed by atoms with van der Waals surface area (Å²) in [6.45, 7) is 5.92. The minimum Gasteiger partial charge on any atom is -0.484 e. The molecule has 5 heteroatoms. The molecule has 2 aliphatic rings. The summed E-state index contributed by atoms with van der Waals surface area (Å²) in [5, 5.41) is 3.11. The predicted molar refractivity (Wildman–Crippen MR) is 117 cm³/mol. The molecule has 1 saturated heterocycles. The van der Waals surface area contributed by atoms with E-state index in [0.717, 1.165) is 37.4 Å². The van der Waals surface area contributed by atoms with Crippen LogP contribution in [-0.4, -0.2) is 50.6 Å². The van der Waals surface area contributed by atoms with E-state index in [1.54, 1.807) is 0 Å². The summed E-state index contributed by atoms with van der Waals surface area (Å²) in [6, 6.07) is 14.8. The summed E-state index contributed by atoms with van der Waals surface area (Å²) >= 11 is 0. The maximum atomic E-state index is 12.4. The van der Waals surface area contributed by atoms with Crippen LogP contribution in [0.15, 0.2) is 42.5 Å². The molecule has 0 saturated carbocycles. The Labute approximate surface area is 173 Å². The summed E-state index contributed by atoms with van der Waals surface area (Å²) in [6.07, 6.45) is 3.56. The summed E-state index contributed by atoms with van der Waals surface area (Å²) in [4.78, 5) is 17.3. The molecular weight excluding hydrogens is 362 g/mol. The molecule has 0 radical (unpaired) electrons. The van der Waals surface area contributed by atoms with Gasteiger partial charge < -0.3 is 15.0 Å². The summed E-state index contributed by atoms with van der Waals surface area (Å²) < 4.78 is 5.70. The van der Waals surface area contributed by atoms with E-state index in [2.05, 4.69) is 40.4 Å². The maximum absolute atomic E-state index is 12.4. The molecule has 0 bridgehead atoms. The number of aryl methyl sites for hydroxylation is 1. The molecule has 0 aromatic heterocycles. The van der Waals surface area contributed by atoms with Gasteiger partial charge in [-0.2, -0.15) is 0 Å². The number of anilines is 1. The zero-order valence-electron chi connectivity index (χ0n) is 17.5. The maximum Gasteiger partial charge on any atom is 0.258 e. The Morgan fingerprint density at radius 1 is 1.14 bits per heavy atom. The van der Waals surface area contributed by atoms with Crippen molar-refractivity contribution in [3.05, 3.63) is 59.2 Å². The van der Waals surface area contributed by atoms with Crippen molar-refractivity contribution >= 4 is 11.6 Å². The number of fused-ring (bicyclic) bond motifs is 1. The third kappa shape index (κ3) is 4.56. The van der Waals surface area contributed by atoms with Gasteiger partial charge in [-0.3, -0.25) is 9.69 Å². The number of carbonyl (C=O) groups excluding carboxylic acids is 1. The van der Waals surface area contributed by atoms with Crippen LogP contribution in [-0.2, 0) is 11.2 Å². The quantitative estimate of drug-likeness (QED) is 0.784. The molecular formula is C24H31N3O2. The number of amides is 1. The highest BCUT2D eigenvalue weighted by atomic mass is 16.5. The van der Waals surface area contributed by atoms with Crippen LogP contribution >= 0.6 is 0 Å². The van der Waals surface area contributed by atoms with E-state index in [9.17, 15) is 4.79 Å². The Kier molecular flexibility index (Phi) is 6.05. The lowest BCUT2D eigenvalue weighted by atomic mass is 10.0. The van der Waals surface area contributed by atoms with Gasteiger partial charge in [-0.05, 0) is 68.1 Å². The lowest BCUT2D eigenvalue weighted by Crippen LogP contribution is -2.38. The van der Waals surface area contributed by atoms with Gasteiger partial charge in [0.25, 0.3) is 5.91 Å². The van der Waals surface area contributed by atoms with Crippen molar-refractivity contribution in [1.82, 2.24) is 10.2 Å². The molecule has 0 aliphatic carbocycles. The number of hydrogen-bond donors (Lipinski definition) is 1. The average molecular weight is 394 g/mol. The van der Waals surface area contributed by atoms with Gasteiger partial charge in [0.2, 0.25) is 0 Å². The molecule has 5 nitrogen and oxygen atoms in total. The molecule has 2 aliphatic heterocycles. The molecule has 1 fully saturated rings. The monoisotopic (exact) mass is 393 g/mol. The largest absolute Gasteiger partial charge is 0.484 e. The lowest BCUT2D eigenvalue weighted by Gasteiger charge is -2.29. The highest BCUT2D eigenvalue weighted by Gasteiger charge is 2.26. The molecule has 0 spiro atoms. The van der Waals surface area contributed by atoms with Crippen molar-refractivity contribution < 1.29 is 9.53 Å². The fourth-order valence-corrected chi connectivity index (χ4v) is 4.43. The standard InChI is InChI=1S/C24H31N3O2/c1-18-7-3-4-8-23(18)29-17-24(28)25-16-22(27-12-5-6-13-27)19-9-10-21-20(15-19)11-14-26(21)2/h3-4,7-10,15,22H,5-6,11-14,16-17H2,1-2H3,(H,25,28)/t22-/m0/s1. The van der Waals surface area contributed by atoms with Crippen molar-refractivity contribution in [2.45, 2.75) is 32.2 Å². The van der Waals surface area contributed by atoms with E-state index in [1.165, 1.54) is 29.7 Å². The van der Waals surface area contributed by atoms with Crippen LogP contribution in [0, 0.1) is 6.92 Å². The van der Waals surface area contributed by atoms with Gasteiger partial charge in [0.15, 0.2) is 6.61 Å². The van der Waals surface area contributed by atoms with Gasteiger partial charge in [-0.15, -0.1) is 0 Å². The van der Waals surface area contributed by atoms with E-state index >= 15 is 0 Å². The van der Waals surface area contributed by atoms with E-state index in [0.29, 0.717) is 6.54 Å². The van der Waals surface area contributed by atoms with E-state index in [1.807, 2.05) is 31.2 Å². The molecule has 154 valence electrons. The highest BCUT2D eigenvalue weighted by Crippen LogP contribution is 2.32. The van der Waals surface area contributed by atoms with Crippen molar-refractivity contribution in [2.75, 3.05) is 44.7 Å². The molecule has 1 N–H and O–H groups in total. The number of hydrogen-bond acceptors (Lipinski definition) is 4. The zero-order chi connectivity index (χ0) is 20.2. The second-order valence-corrected chi connectivity index (χ2v) is 8.18. The number of ether oxygens (including phenoxy) is 1. The van der Waals surface area contributed by atoms with Gasteiger partial charge in [-0.1, -0.05) is 30.3 Å². The first-order valence-electron chi connectivity index (χ1n) is 10.6. The third-order valence-electron chi connectivity index (χ3n) is 6.14. The lowest BCUT2D eigenvalue weighted by molar-refractivity contribution is -0.123. The molecule has 2 aromatic rings. The van der Waals surface area contributed by atoms with Gasteiger partial charge in [-0.25, -0.2) is 0 Å². The fourth-order valence-electron chi connectivity index (χ4n) is 4.43. The molecule has 0 unspecified atom stereocenters. The molecule has 29 heavy (non-hydrogen) atoms. The van der Waals surface area contributed by atoms with Crippen LogP contribution in [0.3, 0.4) is 0 Å². The van der Waals surface area contributed by atoms with Crippen LogP contribution in [0.5, 0.6) is 5.75 Å². The van der Waals surface area contributed by atoms with Crippen molar-refractivity contribution in [3.63, 3.8) is 0 Å². The van der Waals surface area contributed by atoms with Crippen LogP contribution in [0.1, 0.15) is 35.6 Å². The van der Waals surface area contributed by atoms with Crippen molar-refractivity contribution in [2.24, 2.45) is 0 Å². The third-order valence-corrected chi connectivity index (χ3v) is 6.14. The minimum absolute atomic E-state index is 0.0482. The van der Waals surface area contributed by atoms with Crippen molar-refractivity contribution in [1.29, 1.82) is 0 Å². The molecule has 1 amide bonds. The zero-order valence-corrected chi connectivity index (χ0v) is 17.5. The number of likely N-dealkylation sites (N-methyl/N-ethyl adjacent to an activating group) is 1. The molecule has 2 heterocycles. The smallest absolute Gasteiger partial charge is 0.258 e. The van der Waals surface area contributed by atoms with Crippen molar-refractivity contribution in [3.8, 4) is 5.75 Å². The summed E-state index contributed by atoms with van der Waals surface area (Å²) in [7, 11) is 2.15. The SMILES string of the molecule is Cc1ccccc1OCC(=O)NC[C@@H](c1ccc2c(c1)CCN2C)N1CCCC1. The Balaban J connectivity index is 1.40. The predicted octanol–water partition coefficient (Wildman–Crippen LogP) is 3.32. The normalized spacial score (nSPS) is 17.2. The molecule has 4 rings (SSSR count). The highest BCUT2D eigenvalue weighted by molar-refractivity contribution is 5.77. The number of likely N-dealkylation sites (tertiary alicyclic amines) is 1.